The maximum Gasteiger partial charge on any atom is 0.123 e. The van der Waals surface area contributed by atoms with Crippen LogP contribution in [0, 0.1) is 6.92 Å². The fraction of sp³-hybridized carbons (Fsp3) is 0.368. The standard InChI is InChI=1S/C19H23NO/c1-3-20-17(12-15-10-8-14(2)9-11-15)19-13-16-6-4-5-7-18(16)21-19/h4-11,17,19-20H,3,12-13H2,1-2H3. The SMILES string of the molecule is CCNC(Cc1ccc(C)cc1)C1Cc2ccccc2O1. The van der Waals surface area contributed by atoms with Gasteiger partial charge in [-0.2, -0.15) is 0 Å². The van der Waals surface area contributed by atoms with Gasteiger partial charge in [-0.1, -0.05) is 55.0 Å². The summed E-state index contributed by atoms with van der Waals surface area (Å²) in [6, 6.07) is 17.5. The molecule has 110 valence electrons. The van der Waals surface area contributed by atoms with Crippen molar-refractivity contribution in [2.75, 3.05) is 6.54 Å². The molecule has 2 aromatic rings. The zero-order chi connectivity index (χ0) is 14.7. The maximum absolute atomic E-state index is 6.16. The second-order valence-electron chi connectivity index (χ2n) is 5.82. The molecule has 2 unspecified atom stereocenters. The van der Waals surface area contributed by atoms with Crippen LogP contribution >= 0.6 is 0 Å². The average Bonchev–Trinajstić information content (AvgIpc) is 2.93. The van der Waals surface area contributed by atoms with E-state index in [4.69, 9.17) is 4.74 Å². The molecule has 2 atom stereocenters. The van der Waals surface area contributed by atoms with Gasteiger partial charge in [0.25, 0.3) is 0 Å². The first-order chi connectivity index (χ1) is 10.3. The molecule has 1 heterocycles. The molecule has 0 radical (unpaired) electrons. The molecule has 2 nitrogen and oxygen atoms in total. The Labute approximate surface area is 127 Å². The van der Waals surface area contributed by atoms with E-state index in [-0.39, 0.29) is 6.10 Å². The molecule has 2 heteroatoms. The second-order valence-corrected chi connectivity index (χ2v) is 5.82. The molecule has 0 bridgehead atoms. The van der Waals surface area contributed by atoms with Crippen molar-refractivity contribution < 1.29 is 4.74 Å². The predicted octanol–water partition coefficient (Wildman–Crippen LogP) is 3.52. The first-order valence-electron chi connectivity index (χ1n) is 7.79. The van der Waals surface area contributed by atoms with E-state index in [0.29, 0.717) is 6.04 Å². The number of likely N-dealkylation sites (N-methyl/N-ethyl adjacent to an activating group) is 1. The summed E-state index contributed by atoms with van der Waals surface area (Å²) >= 11 is 0. The van der Waals surface area contributed by atoms with Crippen LogP contribution in [0.15, 0.2) is 48.5 Å². The van der Waals surface area contributed by atoms with Crippen molar-refractivity contribution >= 4 is 0 Å². The van der Waals surface area contributed by atoms with Crippen LogP contribution in [0.3, 0.4) is 0 Å². The van der Waals surface area contributed by atoms with Crippen LogP contribution in [0.1, 0.15) is 23.6 Å². The van der Waals surface area contributed by atoms with Crippen LogP contribution in [0.25, 0.3) is 0 Å². The molecule has 1 aliphatic rings. The monoisotopic (exact) mass is 281 g/mol. The number of ether oxygens (including phenoxy) is 1. The predicted molar refractivity (Wildman–Crippen MR) is 86.9 cm³/mol. The summed E-state index contributed by atoms with van der Waals surface area (Å²) < 4.78 is 6.16. The third-order valence-corrected chi connectivity index (χ3v) is 4.16. The molecule has 1 N–H and O–H groups in total. The average molecular weight is 281 g/mol. The normalized spacial score (nSPS) is 18.1. The van der Waals surface area contributed by atoms with Gasteiger partial charge in [0, 0.05) is 12.5 Å². The molecule has 0 amide bonds. The Bertz CT molecular complexity index is 566. The number of hydrogen-bond donors (Lipinski definition) is 1. The molecule has 0 saturated carbocycles. The minimum absolute atomic E-state index is 0.226. The van der Waals surface area contributed by atoms with Gasteiger partial charge in [0.05, 0.1) is 0 Å². The van der Waals surface area contributed by atoms with Gasteiger partial charge in [-0.05, 0) is 37.1 Å². The highest BCUT2D eigenvalue weighted by Gasteiger charge is 2.29. The lowest BCUT2D eigenvalue weighted by Gasteiger charge is -2.24. The first kappa shape index (κ1) is 14.2. The van der Waals surface area contributed by atoms with Gasteiger partial charge in [-0.15, -0.1) is 0 Å². The summed E-state index contributed by atoms with van der Waals surface area (Å²) in [4.78, 5) is 0. The molecule has 3 rings (SSSR count). The summed E-state index contributed by atoms with van der Waals surface area (Å²) in [5, 5.41) is 3.60. The van der Waals surface area contributed by atoms with Crippen molar-refractivity contribution in [3.05, 3.63) is 65.2 Å². The molecule has 0 fully saturated rings. The molecule has 1 aliphatic heterocycles. The maximum atomic E-state index is 6.16. The molecular weight excluding hydrogens is 258 g/mol. The van der Waals surface area contributed by atoms with Crippen molar-refractivity contribution in [2.24, 2.45) is 0 Å². The van der Waals surface area contributed by atoms with Crippen molar-refractivity contribution in [3.63, 3.8) is 0 Å². The van der Waals surface area contributed by atoms with Crippen LogP contribution in [0.4, 0.5) is 0 Å². The number of hydrogen-bond acceptors (Lipinski definition) is 2. The molecule has 0 aromatic heterocycles. The third-order valence-electron chi connectivity index (χ3n) is 4.16. The Kier molecular flexibility index (Phi) is 4.26. The Morgan fingerprint density at radius 2 is 1.90 bits per heavy atom. The Morgan fingerprint density at radius 1 is 1.14 bits per heavy atom. The quantitative estimate of drug-likeness (QED) is 0.905. The lowest BCUT2D eigenvalue weighted by molar-refractivity contribution is 0.178. The van der Waals surface area contributed by atoms with E-state index < -0.39 is 0 Å². The molecule has 0 aliphatic carbocycles. The minimum atomic E-state index is 0.226. The Morgan fingerprint density at radius 3 is 2.62 bits per heavy atom. The highest BCUT2D eigenvalue weighted by Crippen LogP contribution is 2.30. The van der Waals surface area contributed by atoms with E-state index in [9.17, 15) is 0 Å². The van der Waals surface area contributed by atoms with E-state index >= 15 is 0 Å². The number of para-hydroxylation sites is 1. The lowest BCUT2D eigenvalue weighted by Crippen LogP contribution is -2.44. The second kappa shape index (κ2) is 6.31. The fourth-order valence-electron chi connectivity index (χ4n) is 3.01. The van der Waals surface area contributed by atoms with Gasteiger partial charge in [-0.3, -0.25) is 0 Å². The van der Waals surface area contributed by atoms with Crippen molar-refractivity contribution in [1.29, 1.82) is 0 Å². The van der Waals surface area contributed by atoms with Gasteiger partial charge in [0.15, 0.2) is 0 Å². The summed E-state index contributed by atoms with van der Waals surface area (Å²) in [6.07, 6.45) is 2.23. The highest BCUT2D eigenvalue weighted by atomic mass is 16.5. The number of nitrogens with one attached hydrogen (secondary N) is 1. The summed E-state index contributed by atoms with van der Waals surface area (Å²) in [5.41, 5.74) is 4.00. The van der Waals surface area contributed by atoms with Crippen LogP contribution in [0.2, 0.25) is 0 Å². The minimum Gasteiger partial charge on any atom is -0.488 e. The molecule has 21 heavy (non-hydrogen) atoms. The smallest absolute Gasteiger partial charge is 0.123 e. The van der Waals surface area contributed by atoms with Crippen LogP contribution in [-0.4, -0.2) is 18.7 Å². The van der Waals surface area contributed by atoms with Crippen molar-refractivity contribution in [1.82, 2.24) is 5.32 Å². The Hall–Kier alpha value is -1.80. The number of benzene rings is 2. The van der Waals surface area contributed by atoms with Crippen LogP contribution < -0.4 is 10.1 Å². The largest absolute Gasteiger partial charge is 0.488 e. The zero-order valence-corrected chi connectivity index (χ0v) is 12.8. The van der Waals surface area contributed by atoms with Gasteiger partial charge in [0.1, 0.15) is 11.9 Å². The lowest BCUT2D eigenvalue weighted by atomic mass is 9.97. The van der Waals surface area contributed by atoms with Crippen LogP contribution in [-0.2, 0) is 12.8 Å². The summed E-state index contributed by atoms with van der Waals surface area (Å²) in [6.45, 7) is 5.25. The van der Waals surface area contributed by atoms with Gasteiger partial charge < -0.3 is 10.1 Å². The number of aryl methyl sites for hydroxylation is 1. The van der Waals surface area contributed by atoms with E-state index in [1.165, 1.54) is 16.7 Å². The summed E-state index contributed by atoms with van der Waals surface area (Å²) in [7, 11) is 0. The third kappa shape index (κ3) is 3.27. The van der Waals surface area contributed by atoms with Crippen molar-refractivity contribution in [3.8, 4) is 5.75 Å². The van der Waals surface area contributed by atoms with E-state index in [1.54, 1.807) is 0 Å². The highest BCUT2D eigenvalue weighted by molar-refractivity contribution is 5.38. The fourth-order valence-corrected chi connectivity index (χ4v) is 3.01. The molecule has 0 saturated heterocycles. The van der Waals surface area contributed by atoms with Gasteiger partial charge in [0.2, 0.25) is 0 Å². The van der Waals surface area contributed by atoms with E-state index in [0.717, 1.165) is 25.1 Å². The van der Waals surface area contributed by atoms with E-state index in [2.05, 4.69) is 61.6 Å². The molecule has 0 spiro atoms. The van der Waals surface area contributed by atoms with Crippen LogP contribution in [0.5, 0.6) is 5.75 Å². The van der Waals surface area contributed by atoms with E-state index in [1.807, 2.05) is 6.07 Å². The zero-order valence-electron chi connectivity index (χ0n) is 12.8. The molecule has 2 aromatic carbocycles. The van der Waals surface area contributed by atoms with Gasteiger partial charge in [-0.25, -0.2) is 0 Å². The number of rotatable bonds is 5. The first-order valence-corrected chi connectivity index (χ1v) is 7.79. The van der Waals surface area contributed by atoms with Crippen molar-refractivity contribution in [2.45, 2.75) is 38.8 Å². The summed E-state index contributed by atoms with van der Waals surface area (Å²) in [5.74, 6) is 1.05. The molecular formula is C19H23NO. The topological polar surface area (TPSA) is 21.3 Å². The Balaban J connectivity index is 1.72. The van der Waals surface area contributed by atoms with Gasteiger partial charge >= 0.3 is 0 Å². The number of fused-ring (bicyclic) bond motifs is 1.